The van der Waals surface area contributed by atoms with Gasteiger partial charge in [-0.2, -0.15) is 13.2 Å². The number of halogens is 3. The van der Waals surface area contributed by atoms with Gasteiger partial charge in [0.2, 0.25) is 0 Å². The maximum atomic E-state index is 12.0. The predicted molar refractivity (Wildman–Crippen MR) is 53.0 cm³/mol. The molecule has 1 aromatic carbocycles. The maximum Gasteiger partial charge on any atom is 0.511 e. The van der Waals surface area contributed by atoms with Crippen molar-refractivity contribution in [2.24, 2.45) is 0 Å². The summed E-state index contributed by atoms with van der Waals surface area (Å²) in [6.07, 6.45) is 0. The summed E-state index contributed by atoms with van der Waals surface area (Å²) in [5.41, 5.74) is -4.03. The van der Waals surface area contributed by atoms with Gasteiger partial charge in [0.05, 0.1) is 0 Å². The quantitative estimate of drug-likeness (QED) is 0.894. The standard InChI is InChI=1S/C9H10F3NO2S/c1-7-4-2-3-5-8(7)6-13-16(14,15)9(10,11)12/h2-5,13H,6H2,1H3. The lowest BCUT2D eigenvalue weighted by Crippen LogP contribution is -2.36. The minimum absolute atomic E-state index is 0.367. The van der Waals surface area contributed by atoms with Crippen LogP contribution in [0.2, 0.25) is 0 Å². The molecule has 0 heterocycles. The van der Waals surface area contributed by atoms with Crippen LogP contribution in [0.1, 0.15) is 11.1 Å². The topological polar surface area (TPSA) is 46.2 Å². The van der Waals surface area contributed by atoms with Crippen LogP contribution in [0.25, 0.3) is 0 Å². The Hall–Kier alpha value is -1.08. The second kappa shape index (κ2) is 4.42. The van der Waals surface area contributed by atoms with Gasteiger partial charge in [0.25, 0.3) is 0 Å². The SMILES string of the molecule is Cc1ccccc1CNS(=O)(=O)C(F)(F)F. The van der Waals surface area contributed by atoms with Gasteiger partial charge in [-0.05, 0) is 18.1 Å². The van der Waals surface area contributed by atoms with E-state index >= 15 is 0 Å². The summed E-state index contributed by atoms with van der Waals surface area (Å²) in [5, 5.41) is 0. The van der Waals surface area contributed by atoms with Crippen LogP contribution in [0.3, 0.4) is 0 Å². The molecule has 0 atom stereocenters. The molecule has 16 heavy (non-hydrogen) atoms. The molecule has 0 unspecified atom stereocenters. The van der Waals surface area contributed by atoms with Crippen molar-refractivity contribution in [1.29, 1.82) is 0 Å². The Bertz CT molecular complexity index is 468. The van der Waals surface area contributed by atoms with E-state index in [2.05, 4.69) is 0 Å². The third kappa shape index (κ3) is 2.96. The lowest BCUT2D eigenvalue weighted by Gasteiger charge is -2.10. The van der Waals surface area contributed by atoms with Crippen LogP contribution in [-0.2, 0) is 16.6 Å². The second-order valence-electron chi connectivity index (χ2n) is 3.20. The van der Waals surface area contributed by atoms with Crippen molar-refractivity contribution in [2.75, 3.05) is 0 Å². The Labute approximate surface area is 91.3 Å². The summed E-state index contributed by atoms with van der Waals surface area (Å²) >= 11 is 0. The summed E-state index contributed by atoms with van der Waals surface area (Å²) in [7, 11) is -5.26. The first-order valence-electron chi connectivity index (χ1n) is 4.34. The molecule has 1 aromatic rings. The molecule has 1 rings (SSSR count). The van der Waals surface area contributed by atoms with Crippen LogP contribution in [0, 0.1) is 6.92 Å². The first-order valence-corrected chi connectivity index (χ1v) is 5.83. The minimum atomic E-state index is -5.27. The zero-order chi connectivity index (χ0) is 12.4. The predicted octanol–water partition coefficient (Wildman–Crippen LogP) is 1.93. The molecule has 1 N–H and O–H groups in total. The van der Waals surface area contributed by atoms with Gasteiger partial charge in [0.1, 0.15) is 0 Å². The highest BCUT2D eigenvalue weighted by Gasteiger charge is 2.45. The molecule has 90 valence electrons. The van der Waals surface area contributed by atoms with Crippen molar-refractivity contribution < 1.29 is 21.6 Å². The highest BCUT2D eigenvalue weighted by Crippen LogP contribution is 2.22. The van der Waals surface area contributed by atoms with Gasteiger partial charge in [-0.25, -0.2) is 13.1 Å². The summed E-state index contributed by atoms with van der Waals surface area (Å²) in [6, 6.07) is 6.60. The molecule has 0 aliphatic carbocycles. The molecule has 3 nitrogen and oxygen atoms in total. The third-order valence-electron chi connectivity index (χ3n) is 2.02. The van der Waals surface area contributed by atoms with Crippen molar-refractivity contribution in [2.45, 2.75) is 19.0 Å². The number of sulfonamides is 1. The van der Waals surface area contributed by atoms with Crippen LogP contribution in [0.15, 0.2) is 24.3 Å². The Morgan fingerprint density at radius 2 is 1.81 bits per heavy atom. The molecule has 0 saturated carbocycles. The molecule has 0 amide bonds. The normalized spacial score (nSPS) is 12.8. The Kier molecular flexibility index (Phi) is 3.59. The lowest BCUT2D eigenvalue weighted by atomic mass is 10.1. The average molecular weight is 253 g/mol. The highest BCUT2D eigenvalue weighted by atomic mass is 32.2. The number of benzene rings is 1. The molecule has 0 aliphatic heterocycles. The van der Waals surface area contributed by atoms with Crippen molar-refractivity contribution >= 4 is 10.0 Å². The fourth-order valence-electron chi connectivity index (χ4n) is 1.06. The fourth-order valence-corrected chi connectivity index (χ4v) is 1.57. The Morgan fingerprint density at radius 3 is 2.31 bits per heavy atom. The van der Waals surface area contributed by atoms with E-state index in [0.29, 0.717) is 5.56 Å². The van der Waals surface area contributed by atoms with Gasteiger partial charge in [-0.3, -0.25) is 0 Å². The second-order valence-corrected chi connectivity index (χ2v) is 4.96. The van der Waals surface area contributed by atoms with Gasteiger partial charge in [-0.15, -0.1) is 0 Å². The van der Waals surface area contributed by atoms with Gasteiger partial charge >= 0.3 is 15.5 Å². The van der Waals surface area contributed by atoms with E-state index in [4.69, 9.17) is 0 Å². The molecular weight excluding hydrogens is 243 g/mol. The van der Waals surface area contributed by atoms with E-state index in [1.165, 1.54) is 4.72 Å². The Morgan fingerprint density at radius 1 is 1.25 bits per heavy atom. The van der Waals surface area contributed by atoms with Gasteiger partial charge in [-0.1, -0.05) is 24.3 Å². The first kappa shape index (κ1) is 13.0. The van der Waals surface area contributed by atoms with E-state index in [1.54, 1.807) is 31.2 Å². The largest absolute Gasteiger partial charge is 0.511 e. The van der Waals surface area contributed by atoms with Gasteiger partial charge < -0.3 is 0 Å². The first-order chi connectivity index (χ1) is 7.24. The Balaban J connectivity index is 2.77. The van der Waals surface area contributed by atoms with E-state index in [1.807, 2.05) is 0 Å². The van der Waals surface area contributed by atoms with Crippen LogP contribution in [0.5, 0.6) is 0 Å². The molecule has 0 aromatic heterocycles. The summed E-state index contributed by atoms with van der Waals surface area (Å²) < 4.78 is 58.9. The molecule has 0 saturated heterocycles. The average Bonchev–Trinajstić information content (AvgIpc) is 2.15. The van der Waals surface area contributed by atoms with E-state index < -0.39 is 15.5 Å². The lowest BCUT2D eigenvalue weighted by molar-refractivity contribution is -0.0448. The molecular formula is C9H10F3NO2S. The number of aryl methyl sites for hydroxylation is 1. The number of nitrogens with one attached hydrogen (secondary N) is 1. The monoisotopic (exact) mass is 253 g/mol. The van der Waals surface area contributed by atoms with Crippen molar-refractivity contribution in [3.8, 4) is 0 Å². The van der Waals surface area contributed by atoms with Gasteiger partial charge in [0, 0.05) is 6.54 Å². The number of hydrogen-bond donors (Lipinski definition) is 1. The number of hydrogen-bond acceptors (Lipinski definition) is 2. The molecule has 0 radical (unpaired) electrons. The van der Waals surface area contributed by atoms with E-state index in [0.717, 1.165) is 5.56 Å². The molecule has 0 spiro atoms. The molecule has 0 bridgehead atoms. The number of alkyl halides is 3. The minimum Gasteiger partial charge on any atom is -0.203 e. The maximum absolute atomic E-state index is 12.0. The van der Waals surface area contributed by atoms with Gasteiger partial charge in [0.15, 0.2) is 0 Å². The summed E-state index contributed by atoms with van der Waals surface area (Å²) in [5.74, 6) is 0. The van der Waals surface area contributed by atoms with E-state index in [-0.39, 0.29) is 6.54 Å². The molecule has 0 aliphatic rings. The molecule has 0 fully saturated rings. The highest BCUT2D eigenvalue weighted by molar-refractivity contribution is 7.90. The molecule has 7 heteroatoms. The van der Waals surface area contributed by atoms with Crippen molar-refractivity contribution in [1.82, 2.24) is 4.72 Å². The number of rotatable bonds is 3. The zero-order valence-corrected chi connectivity index (χ0v) is 9.19. The van der Waals surface area contributed by atoms with Crippen molar-refractivity contribution in [3.63, 3.8) is 0 Å². The van der Waals surface area contributed by atoms with Crippen molar-refractivity contribution in [3.05, 3.63) is 35.4 Å². The van der Waals surface area contributed by atoms with Crippen LogP contribution in [0.4, 0.5) is 13.2 Å². The van der Waals surface area contributed by atoms with Crippen LogP contribution < -0.4 is 4.72 Å². The summed E-state index contributed by atoms with van der Waals surface area (Å²) in [4.78, 5) is 0. The third-order valence-corrected chi connectivity index (χ3v) is 3.15. The van der Waals surface area contributed by atoms with Crippen LogP contribution >= 0.6 is 0 Å². The smallest absolute Gasteiger partial charge is 0.203 e. The van der Waals surface area contributed by atoms with Crippen LogP contribution in [-0.4, -0.2) is 13.9 Å². The summed E-state index contributed by atoms with van der Waals surface area (Å²) in [6.45, 7) is 1.33. The fraction of sp³-hybridized carbons (Fsp3) is 0.333. The zero-order valence-electron chi connectivity index (χ0n) is 8.38. The van der Waals surface area contributed by atoms with E-state index in [9.17, 15) is 21.6 Å².